The number of methoxy groups -OCH3 is 1. The van der Waals surface area contributed by atoms with Gasteiger partial charge in [0.1, 0.15) is 29.2 Å². The third-order valence-electron chi connectivity index (χ3n) is 7.32. The molecule has 0 spiro atoms. The molecule has 1 fully saturated rings. The maximum atomic E-state index is 14.8. The number of pyridine rings is 1. The van der Waals surface area contributed by atoms with Crippen LogP contribution in [0.15, 0.2) is 35.4 Å². The van der Waals surface area contributed by atoms with E-state index in [9.17, 15) is 22.8 Å². The van der Waals surface area contributed by atoms with Crippen molar-refractivity contribution in [3.8, 4) is 0 Å². The number of carbonyl (C=O) groups is 1. The van der Waals surface area contributed by atoms with Gasteiger partial charge < -0.3 is 15.0 Å². The Kier molecular flexibility index (Phi) is 7.27. The normalized spacial score (nSPS) is 20.9. The third-order valence-corrected chi connectivity index (χ3v) is 7.32. The fourth-order valence-electron chi connectivity index (χ4n) is 5.28. The first kappa shape index (κ1) is 26.6. The molecule has 11 heteroatoms. The van der Waals surface area contributed by atoms with Gasteiger partial charge in [0.15, 0.2) is 0 Å². The second-order valence-corrected chi connectivity index (χ2v) is 9.51. The number of likely N-dealkylation sites (tertiary alicyclic amines) is 1. The van der Waals surface area contributed by atoms with Crippen LogP contribution in [0.3, 0.4) is 0 Å². The van der Waals surface area contributed by atoms with Crippen LogP contribution in [-0.4, -0.2) is 45.0 Å². The average molecular weight is 518 g/mol. The first-order chi connectivity index (χ1) is 17.5. The molecule has 1 aliphatic heterocycles. The summed E-state index contributed by atoms with van der Waals surface area (Å²) in [6.07, 6.45) is -0.817. The van der Waals surface area contributed by atoms with Crippen molar-refractivity contribution < 1.29 is 22.7 Å². The Morgan fingerprint density at radius 2 is 1.97 bits per heavy atom. The minimum Gasteiger partial charge on any atom is -0.373 e. The fourth-order valence-corrected chi connectivity index (χ4v) is 5.28. The van der Waals surface area contributed by atoms with Crippen molar-refractivity contribution in [2.75, 3.05) is 19.0 Å². The average Bonchev–Trinajstić information content (AvgIpc) is 2.85. The molecule has 198 valence electrons. The number of halogens is 3. The van der Waals surface area contributed by atoms with E-state index in [1.807, 2.05) is 6.92 Å². The summed E-state index contributed by atoms with van der Waals surface area (Å²) in [5.74, 6) is -0.703. The standard InChI is InChI=1S/C26H30F3N5O3/c1-14-12-26(37-5,9-10-34(14)16(3)35)20-11-19-23(30-13-31-24(19)33(4)25(20)36)32-15(2)17-7-6-8-18(21(17)27)22(28)29/h6-8,11,13-15,22H,9-10,12H2,1-5H3,(H,30,31,32)/t14-,15+,26+/m0/s1. The zero-order chi connectivity index (χ0) is 27.1. The highest BCUT2D eigenvalue weighted by Gasteiger charge is 2.43. The number of hydrogen-bond acceptors (Lipinski definition) is 6. The molecule has 37 heavy (non-hydrogen) atoms. The van der Waals surface area contributed by atoms with Crippen molar-refractivity contribution in [1.82, 2.24) is 19.4 Å². The molecule has 8 nitrogen and oxygen atoms in total. The quantitative estimate of drug-likeness (QED) is 0.520. The summed E-state index contributed by atoms with van der Waals surface area (Å²) in [5.41, 5.74) is -1.08. The number of fused-ring (bicyclic) bond motifs is 1. The highest BCUT2D eigenvalue weighted by Crippen LogP contribution is 2.39. The molecule has 0 saturated carbocycles. The number of rotatable bonds is 6. The number of amides is 1. The smallest absolute Gasteiger partial charge is 0.266 e. The molecule has 0 aliphatic carbocycles. The fraction of sp³-hybridized carbons (Fsp3) is 0.462. The number of carbonyl (C=O) groups excluding carboxylic acids is 1. The van der Waals surface area contributed by atoms with Gasteiger partial charge in [0.2, 0.25) is 5.91 Å². The van der Waals surface area contributed by atoms with Gasteiger partial charge in [-0.1, -0.05) is 18.2 Å². The van der Waals surface area contributed by atoms with Crippen molar-refractivity contribution >= 4 is 22.8 Å². The lowest BCUT2D eigenvalue weighted by atomic mass is 9.81. The topological polar surface area (TPSA) is 89.3 Å². The van der Waals surface area contributed by atoms with E-state index in [1.165, 1.54) is 30.0 Å². The highest BCUT2D eigenvalue weighted by molar-refractivity contribution is 5.87. The van der Waals surface area contributed by atoms with Crippen LogP contribution in [0.5, 0.6) is 0 Å². The molecule has 1 amide bonds. The number of aromatic nitrogens is 3. The molecule has 0 bridgehead atoms. The van der Waals surface area contributed by atoms with E-state index in [0.29, 0.717) is 41.8 Å². The van der Waals surface area contributed by atoms with Crippen LogP contribution in [0.25, 0.3) is 11.0 Å². The Balaban J connectivity index is 1.79. The Hall–Kier alpha value is -3.47. The monoisotopic (exact) mass is 517 g/mol. The third kappa shape index (κ3) is 4.68. The summed E-state index contributed by atoms with van der Waals surface area (Å²) >= 11 is 0. The summed E-state index contributed by atoms with van der Waals surface area (Å²) in [4.78, 5) is 35.8. The van der Waals surface area contributed by atoms with Gasteiger partial charge >= 0.3 is 0 Å². The lowest BCUT2D eigenvalue weighted by molar-refractivity contribution is -0.140. The minimum atomic E-state index is -2.94. The summed E-state index contributed by atoms with van der Waals surface area (Å²) in [6, 6.07) is 4.69. The van der Waals surface area contributed by atoms with Crippen LogP contribution in [-0.2, 0) is 22.2 Å². The van der Waals surface area contributed by atoms with Gasteiger partial charge in [-0.15, -0.1) is 0 Å². The zero-order valence-electron chi connectivity index (χ0n) is 21.4. The van der Waals surface area contributed by atoms with Gasteiger partial charge in [-0.2, -0.15) is 0 Å². The number of benzene rings is 1. The van der Waals surface area contributed by atoms with Crippen LogP contribution in [0.1, 0.15) is 62.8 Å². The molecule has 3 aromatic rings. The summed E-state index contributed by atoms with van der Waals surface area (Å²) in [7, 11) is 3.14. The molecule has 1 saturated heterocycles. The number of anilines is 1. The second kappa shape index (κ2) is 10.1. The van der Waals surface area contributed by atoms with Gasteiger partial charge in [-0.25, -0.2) is 23.1 Å². The number of alkyl halides is 2. The SMILES string of the molecule is CO[C@]1(c2cc3c(N[C@H](C)c4cccc(C(F)F)c4F)ncnc3n(C)c2=O)CCN(C(C)=O)[C@@H](C)C1. The van der Waals surface area contributed by atoms with Crippen LogP contribution in [0.2, 0.25) is 0 Å². The molecule has 0 radical (unpaired) electrons. The number of hydrogen-bond donors (Lipinski definition) is 1. The molecule has 3 atom stereocenters. The zero-order valence-corrected chi connectivity index (χ0v) is 21.4. The number of nitrogens with zero attached hydrogens (tertiary/aromatic N) is 4. The molecular formula is C26H30F3N5O3. The van der Waals surface area contributed by atoms with Gasteiger partial charge in [0, 0.05) is 45.7 Å². The summed E-state index contributed by atoms with van der Waals surface area (Å²) in [5, 5.41) is 3.60. The molecule has 0 unspecified atom stereocenters. The van der Waals surface area contributed by atoms with Gasteiger partial charge in [0.05, 0.1) is 22.6 Å². The van der Waals surface area contributed by atoms with Crippen molar-refractivity contribution in [2.45, 2.75) is 57.7 Å². The maximum absolute atomic E-state index is 14.8. The molecule has 1 aliphatic rings. The molecule has 3 heterocycles. The Bertz CT molecular complexity index is 1400. The number of nitrogens with one attached hydrogen (secondary N) is 1. The minimum absolute atomic E-state index is 0.0411. The van der Waals surface area contributed by atoms with Gasteiger partial charge in [-0.05, 0) is 26.3 Å². The lowest BCUT2D eigenvalue weighted by Crippen LogP contribution is -2.52. The largest absolute Gasteiger partial charge is 0.373 e. The Morgan fingerprint density at radius 1 is 1.27 bits per heavy atom. The van der Waals surface area contributed by atoms with E-state index in [-0.39, 0.29) is 23.1 Å². The Labute approximate surface area is 212 Å². The van der Waals surface area contributed by atoms with Gasteiger partial charge in [-0.3, -0.25) is 14.2 Å². The molecule has 1 aromatic carbocycles. The summed E-state index contributed by atoms with van der Waals surface area (Å²) in [6.45, 7) is 5.50. The number of piperidine rings is 1. The van der Waals surface area contributed by atoms with Gasteiger partial charge in [0.25, 0.3) is 12.0 Å². The highest BCUT2D eigenvalue weighted by atomic mass is 19.3. The molecule has 2 aromatic heterocycles. The van der Waals surface area contributed by atoms with E-state index >= 15 is 0 Å². The molecular weight excluding hydrogens is 487 g/mol. The van der Waals surface area contributed by atoms with Crippen molar-refractivity contribution in [2.24, 2.45) is 7.05 Å². The van der Waals surface area contributed by atoms with E-state index in [1.54, 1.807) is 32.0 Å². The lowest BCUT2D eigenvalue weighted by Gasteiger charge is -2.44. The maximum Gasteiger partial charge on any atom is 0.266 e. The van der Waals surface area contributed by atoms with E-state index in [2.05, 4.69) is 15.3 Å². The van der Waals surface area contributed by atoms with Crippen LogP contribution in [0.4, 0.5) is 19.0 Å². The van der Waals surface area contributed by atoms with E-state index in [4.69, 9.17) is 4.74 Å². The molecule has 4 rings (SSSR count). The van der Waals surface area contributed by atoms with Crippen LogP contribution >= 0.6 is 0 Å². The van der Waals surface area contributed by atoms with Crippen LogP contribution < -0.4 is 10.9 Å². The van der Waals surface area contributed by atoms with Crippen molar-refractivity contribution in [3.05, 3.63) is 63.5 Å². The first-order valence-electron chi connectivity index (χ1n) is 12.0. The van der Waals surface area contributed by atoms with E-state index in [0.717, 1.165) is 6.07 Å². The van der Waals surface area contributed by atoms with E-state index < -0.39 is 29.4 Å². The summed E-state index contributed by atoms with van der Waals surface area (Å²) < 4.78 is 48.6. The second-order valence-electron chi connectivity index (χ2n) is 9.51. The number of ether oxygens (including phenoxy) is 1. The number of aryl methyl sites for hydroxylation is 1. The predicted octanol–water partition coefficient (Wildman–Crippen LogP) is 4.45. The predicted molar refractivity (Wildman–Crippen MR) is 133 cm³/mol. The van der Waals surface area contributed by atoms with Crippen LogP contribution in [0, 0.1) is 5.82 Å². The Morgan fingerprint density at radius 3 is 2.59 bits per heavy atom. The molecule has 1 N–H and O–H groups in total. The van der Waals surface area contributed by atoms with Crippen molar-refractivity contribution in [3.63, 3.8) is 0 Å². The first-order valence-corrected chi connectivity index (χ1v) is 12.0. The van der Waals surface area contributed by atoms with Crippen molar-refractivity contribution in [1.29, 1.82) is 0 Å².